The molecule has 2 rings (SSSR count). The summed E-state index contributed by atoms with van der Waals surface area (Å²) in [5.41, 5.74) is -1.58. The zero-order valence-electron chi connectivity index (χ0n) is 13.0. The van der Waals surface area contributed by atoms with Crippen LogP contribution in [0.4, 0.5) is 0 Å². The third kappa shape index (κ3) is 3.73. The summed E-state index contributed by atoms with van der Waals surface area (Å²) in [4.78, 5) is 37.2. The second-order valence-electron chi connectivity index (χ2n) is 5.35. The summed E-state index contributed by atoms with van der Waals surface area (Å²) in [7, 11) is 0. The van der Waals surface area contributed by atoms with Crippen molar-refractivity contribution in [3.8, 4) is 0 Å². The van der Waals surface area contributed by atoms with Gasteiger partial charge in [0.1, 0.15) is 24.4 Å². The monoisotopic (exact) mass is 344 g/mol. The number of H-pyrrole nitrogens is 1. The number of carbonyl (C=O) groups is 1. The largest absolute Gasteiger partial charge is 0.466 e. The Kier molecular flexibility index (Phi) is 5.89. The molecule has 0 amide bonds. The van der Waals surface area contributed by atoms with Gasteiger partial charge < -0.3 is 24.8 Å². The Morgan fingerprint density at radius 3 is 2.67 bits per heavy atom. The zero-order chi connectivity index (χ0) is 17.9. The molecule has 0 aliphatic carbocycles. The van der Waals surface area contributed by atoms with E-state index in [2.05, 4.69) is 4.98 Å². The number of aliphatic hydroxyl groups excluding tert-OH is 3. The summed E-state index contributed by atoms with van der Waals surface area (Å²) in [6.45, 7) is 1.31. The first-order valence-corrected chi connectivity index (χ1v) is 7.50. The van der Waals surface area contributed by atoms with Crippen LogP contribution >= 0.6 is 0 Å². The van der Waals surface area contributed by atoms with Crippen molar-refractivity contribution < 1.29 is 29.6 Å². The molecule has 1 saturated heterocycles. The fourth-order valence-electron chi connectivity index (χ4n) is 2.50. The van der Waals surface area contributed by atoms with Crippen molar-refractivity contribution >= 4 is 5.97 Å². The highest BCUT2D eigenvalue weighted by atomic mass is 16.6. The van der Waals surface area contributed by atoms with Crippen molar-refractivity contribution in [1.82, 2.24) is 9.55 Å². The molecule has 1 aromatic rings. The van der Waals surface area contributed by atoms with Crippen molar-refractivity contribution in [2.75, 3.05) is 13.2 Å². The second-order valence-corrected chi connectivity index (χ2v) is 5.35. The van der Waals surface area contributed by atoms with Crippen LogP contribution in [0.25, 0.3) is 0 Å². The first kappa shape index (κ1) is 18.3. The van der Waals surface area contributed by atoms with Crippen molar-refractivity contribution in [2.24, 2.45) is 0 Å². The van der Waals surface area contributed by atoms with Gasteiger partial charge >= 0.3 is 11.7 Å². The number of rotatable bonds is 6. The van der Waals surface area contributed by atoms with E-state index in [9.17, 15) is 24.6 Å². The Bertz CT molecular complexity index is 697. The molecule has 1 fully saturated rings. The molecular weight excluding hydrogens is 324 g/mol. The van der Waals surface area contributed by atoms with Gasteiger partial charge in [0.25, 0.3) is 5.56 Å². The topological polar surface area (TPSA) is 151 Å². The summed E-state index contributed by atoms with van der Waals surface area (Å²) in [5, 5.41) is 28.8. The van der Waals surface area contributed by atoms with Crippen LogP contribution in [-0.4, -0.2) is 62.4 Å². The molecule has 0 saturated carbocycles. The highest BCUT2D eigenvalue weighted by Gasteiger charge is 2.44. The lowest BCUT2D eigenvalue weighted by molar-refractivity contribution is -0.143. The lowest BCUT2D eigenvalue weighted by Gasteiger charge is -2.15. The van der Waals surface area contributed by atoms with Gasteiger partial charge in [0, 0.05) is 12.7 Å². The van der Waals surface area contributed by atoms with E-state index in [1.807, 2.05) is 0 Å². The van der Waals surface area contributed by atoms with Gasteiger partial charge in [-0.1, -0.05) is 0 Å². The quantitative estimate of drug-likeness (QED) is 0.419. The van der Waals surface area contributed by atoms with E-state index in [0.717, 1.165) is 4.57 Å². The molecule has 134 valence electrons. The first-order chi connectivity index (χ1) is 11.4. The van der Waals surface area contributed by atoms with E-state index in [-0.39, 0.29) is 25.1 Å². The number of aliphatic hydroxyl groups is 3. The molecule has 10 heteroatoms. The number of aryl methyl sites for hydroxylation is 1. The fraction of sp³-hybridized carbons (Fsp3) is 0.643. The summed E-state index contributed by atoms with van der Waals surface area (Å²) < 4.78 is 11.1. The lowest BCUT2D eigenvalue weighted by Crippen LogP contribution is -2.36. The van der Waals surface area contributed by atoms with Gasteiger partial charge in [-0.15, -0.1) is 0 Å². The molecule has 0 radical (unpaired) electrons. The Hall–Kier alpha value is -2.01. The minimum absolute atomic E-state index is 0.0315. The van der Waals surface area contributed by atoms with Crippen LogP contribution in [0.5, 0.6) is 0 Å². The predicted molar refractivity (Wildman–Crippen MR) is 79.3 cm³/mol. The Labute approximate surface area is 136 Å². The molecule has 2 heterocycles. The van der Waals surface area contributed by atoms with Crippen molar-refractivity contribution in [3.05, 3.63) is 32.6 Å². The maximum Gasteiger partial charge on any atom is 0.328 e. The number of ether oxygens (including phenoxy) is 2. The van der Waals surface area contributed by atoms with Gasteiger partial charge in [0.05, 0.1) is 25.2 Å². The van der Waals surface area contributed by atoms with E-state index >= 15 is 0 Å². The third-order valence-corrected chi connectivity index (χ3v) is 3.75. The molecule has 1 aliphatic rings. The molecule has 10 nitrogen and oxygen atoms in total. The molecule has 4 N–H and O–H groups in total. The van der Waals surface area contributed by atoms with Crippen LogP contribution in [-0.2, 0) is 20.8 Å². The van der Waals surface area contributed by atoms with Gasteiger partial charge in [-0.3, -0.25) is 19.1 Å². The van der Waals surface area contributed by atoms with E-state index in [1.54, 1.807) is 6.92 Å². The van der Waals surface area contributed by atoms with Crippen LogP contribution in [0, 0.1) is 0 Å². The predicted octanol–water partition coefficient (Wildman–Crippen LogP) is -2.36. The van der Waals surface area contributed by atoms with E-state index in [0.29, 0.717) is 0 Å². The average Bonchev–Trinajstić information content (AvgIpc) is 2.82. The molecule has 0 aromatic carbocycles. The number of hydrogen-bond acceptors (Lipinski definition) is 8. The van der Waals surface area contributed by atoms with E-state index in [4.69, 9.17) is 14.6 Å². The van der Waals surface area contributed by atoms with E-state index < -0.39 is 48.2 Å². The van der Waals surface area contributed by atoms with Gasteiger partial charge in [0.15, 0.2) is 0 Å². The number of aromatic amines is 1. The smallest absolute Gasteiger partial charge is 0.328 e. The van der Waals surface area contributed by atoms with Gasteiger partial charge in [-0.05, 0) is 6.92 Å². The number of nitrogens with zero attached hydrogens (tertiary/aromatic N) is 1. The van der Waals surface area contributed by atoms with Crippen LogP contribution in [0.3, 0.4) is 0 Å². The van der Waals surface area contributed by atoms with Crippen molar-refractivity contribution in [1.29, 1.82) is 0 Å². The fourth-order valence-corrected chi connectivity index (χ4v) is 2.50. The molecule has 0 unspecified atom stereocenters. The summed E-state index contributed by atoms with van der Waals surface area (Å²) in [6, 6.07) is 0. The SMILES string of the molecule is CCOC(=O)CCn1cc([C@@H]2O[C@H](CO)[C@@H](O)[C@H]2O)c(=O)[nH]c1=O. The molecule has 24 heavy (non-hydrogen) atoms. The number of carbonyl (C=O) groups excluding carboxylic acids is 1. The van der Waals surface area contributed by atoms with Crippen LogP contribution < -0.4 is 11.2 Å². The van der Waals surface area contributed by atoms with Gasteiger partial charge in [0.2, 0.25) is 0 Å². The molecule has 4 atom stereocenters. The second kappa shape index (κ2) is 7.71. The molecular formula is C14H20N2O8. The van der Waals surface area contributed by atoms with Crippen LogP contribution in [0.1, 0.15) is 25.0 Å². The minimum Gasteiger partial charge on any atom is -0.466 e. The number of esters is 1. The third-order valence-electron chi connectivity index (χ3n) is 3.75. The van der Waals surface area contributed by atoms with Crippen molar-refractivity contribution in [3.63, 3.8) is 0 Å². The van der Waals surface area contributed by atoms with Crippen molar-refractivity contribution in [2.45, 2.75) is 44.3 Å². The minimum atomic E-state index is -1.43. The molecule has 0 bridgehead atoms. The highest BCUT2D eigenvalue weighted by molar-refractivity contribution is 5.69. The maximum atomic E-state index is 12.0. The molecule has 1 aromatic heterocycles. The Morgan fingerprint density at radius 1 is 1.38 bits per heavy atom. The molecule has 0 spiro atoms. The van der Waals surface area contributed by atoms with Crippen LogP contribution in [0.2, 0.25) is 0 Å². The van der Waals surface area contributed by atoms with E-state index in [1.165, 1.54) is 6.20 Å². The number of aromatic nitrogens is 2. The maximum absolute atomic E-state index is 12.0. The highest BCUT2D eigenvalue weighted by Crippen LogP contribution is 2.31. The first-order valence-electron chi connectivity index (χ1n) is 7.50. The average molecular weight is 344 g/mol. The van der Waals surface area contributed by atoms with Gasteiger partial charge in [-0.25, -0.2) is 4.79 Å². The number of nitrogens with one attached hydrogen (secondary N) is 1. The Balaban J connectivity index is 2.25. The van der Waals surface area contributed by atoms with Gasteiger partial charge in [-0.2, -0.15) is 0 Å². The summed E-state index contributed by atoms with van der Waals surface area (Å²) in [6.07, 6.45) is -3.94. The summed E-state index contributed by atoms with van der Waals surface area (Å²) >= 11 is 0. The lowest BCUT2D eigenvalue weighted by atomic mass is 10.0. The zero-order valence-corrected chi connectivity index (χ0v) is 13.0. The van der Waals surface area contributed by atoms with Crippen LogP contribution in [0.15, 0.2) is 15.8 Å². The molecule has 1 aliphatic heterocycles. The summed E-state index contributed by atoms with van der Waals surface area (Å²) in [5.74, 6) is -0.495. The normalized spacial score (nSPS) is 26.5. The number of hydrogen-bond donors (Lipinski definition) is 4. The Morgan fingerprint density at radius 2 is 2.08 bits per heavy atom. The standard InChI is InChI=1S/C14H20N2O8/c1-2-23-9(18)3-4-16-5-7(13(21)15-14(16)22)12-11(20)10(19)8(6-17)24-12/h5,8,10-12,17,19-20H,2-4,6H2,1H3,(H,15,21,22)/t8-,10-,11-,12+/m1/s1.